The van der Waals surface area contributed by atoms with Crippen LogP contribution in [0.1, 0.15) is 38.4 Å². The second-order valence-electron chi connectivity index (χ2n) is 7.53. The molecule has 3 aromatic carbocycles. The molecule has 6 heteroatoms. The van der Waals surface area contributed by atoms with Crippen LogP contribution in [0.4, 0.5) is 5.69 Å². The van der Waals surface area contributed by atoms with Crippen LogP contribution in [0, 0.1) is 25.2 Å². The monoisotopic (exact) mass is 440 g/mol. The molecule has 158 valence electrons. The van der Waals surface area contributed by atoms with Crippen molar-refractivity contribution in [3.05, 3.63) is 111 Å². The van der Waals surface area contributed by atoms with E-state index in [9.17, 15) is 4.79 Å². The number of hydrogen-bond donors (Lipinski definition) is 1. The quantitative estimate of drug-likeness (QED) is 0.422. The van der Waals surface area contributed by atoms with Gasteiger partial charge in [-0.15, -0.1) is 0 Å². The summed E-state index contributed by atoms with van der Waals surface area (Å²) < 4.78 is 1.84. The fourth-order valence-electron chi connectivity index (χ4n) is 3.66. The lowest BCUT2D eigenvalue weighted by molar-refractivity contribution is 0.102. The summed E-state index contributed by atoms with van der Waals surface area (Å²) in [6.07, 6.45) is 0.647. The van der Waals surface area contributed by atoms with Crippen molar-refractivity contribution >= 4 is 23.2 Å². The zero-order valence-corrected chi connectivity index (χ0v) is 18.5. The molecule has 0 spiro atoms. The number of carbonyl (C=O) groups is 1. The standard InChI is InChI=1S/C26H21ClN4O/c1-17-24(18(2)31(30-17)23-12-11-21(16-28)25(27)15-23)14-19-7-6-8-20(13-19)26(32)29-22-9-4-3-5-10-22/h3-13,15H,14H2,1-2H3,(H,29,32). The van der Waals surface area contributed by atoms with Gasteiger partial charge in [0.1, 0.15) is 6.07 Å². The number of benzene rings is 3. The molecule has 1 heterocycles. The number of aromatic nitrogens is 2. The van der Waals surface area contributed by atoms with E-state index in [4.69, 9.17) is 16.9 Å². The third-order valence-corrected chi connectivity index (χ3v) is 5.67. The average molecular weight is 441 g/mol. The molecule has 0 fully saturated rings. The Kier molecular flexibility index (Phi) is 6.07. The van der Waals surface area contributed by atoms with E-state index in [-0.39, 0.29) is 5.91 Å². The van der Waals surface area contributed by atoms with Crippen molar-refractivity contribution < 1.29 is 4.79 Å². The molecule has 4 aromatic rings. The Balaban J connectivity index is 1.59. The Morgan fingerprint density at radius 2 is 1.84 bits per heavy atom. The van der Waals surface area contributed by atoms with E-state index >= 15 is 0 Å². The van der Waals surface area contributed by atoms with Gasteiger partial charge in [-0.25, -0.2) is 4.68 Å². The number of nitrogens with one attached hydrogen (secondary N) is 1. The first-order valence-electron chi connectivity index (χ1n) is 10.2. The van der Waals surface area contributed by atoms with Gasteiger partial charge >= 0.3 is 0 Å². The first kappa shape index (κ1) is 21.4. The Morgan fingerprint density at radius 3 is 2.56 bits per heavy atom. The fraction of sp³-hybridized carbons (Fsp3) is 0.115. The molecule has 4 rings (SSSR count). The van der Waals surface area contributed by atoms with Crippen LogP contribution in [-0.4, -0.2) is 15.7 Å². The number of nitriles is 1. The largest absolute Gasteiger partial charge is 0.322 e. The van der Waals surface area contributed by atoms with Crippen molar-refractivity contribution in [3.8, 4) is 11.8 Å². The van der Waals surface area contributed by atoms with E-state index in [1.54, 1.807) is 12.1 Å². The predicted octanol–water partition coefficient (Wildman–Crippen LogP) is 5.86. The van der Waals surface area contributed by atoms with Gasteiger partial charge in [0.15, 0.2) is 0 Å². The maximum absolute atomic E-state index is 12.7. The van der Waals surface area contributed by atoms with Crippen LogP contribution in [0.15, 0.2) is 72.8 Å². The van der Waals surface area contributed by atoms with Crippen LogP contribution in [0.2, 0.25) is 5.02 Å². The number of anilines is 1. The molecule has 0 atom stereocenters. The lowest BCUT2D eigenvalue weighted by Gasteiger charge is -2.09. The summed E-state index contributed by atoms with van der Waals surface area (Å²) in [5.41, 5.74) is 6.61. The maximum atomic E-state index is 12.7. The summed E-state index contributed by atoms with van der Waals surface area (Å²) in [4.78, 5) is 12.7. The molecule has 0 radical (unpaired) electrons. The first-order valence-corrected chi connectivity index (χ1v) is 10.5. The van der Waals surface area contributed by atoms with Gasteiger partial charge in [0, 0.05) is 28.9 Å². The van der Waals surface area contributed by atoms with Gasteiger partial charge in [-0.1, -0.05) is 41.9 Å². The second-order valence-corrected chi connectivity index (χ2v) is 7.94. The fourth-order valence-corrected chi connectivity index (χ4v) is 3.88. The first-order chi connectivity index (χ1) is 15.5. The lowest BCUT2D eigenvalue weighted by atomic mass is 10.0. The highest BCUT2D eigenvalue weighted by molar-refractivity contribution is 6.31. The summed E-state index contributed by atoms with van der Waals surface area (Å²) in [5.74, 6) is -0.144. The predicted molar refractivity (Wildman–Crippen MR) is 126 cm³/mol. The summed E-state index contributed by atoms with van der Waals surface area (Å²) in [6, 6.07) is 24.4. The molecule has 5 nitrogen and oxygen atoms in total. The van der Waals surface area contributed by atoms with E-state index in [0.29, 0.717) is 22.6 Å². The maximum Gasteiger partial charge on any atom is 0.255 e. The molecular weight excluding hydrogens is 420 g/mol. The summed E-state index contributed by atoms with van der Waals surface area (Å²) in [6.45, 7) is 3.98. The molecule has 0 unspecified atom stereocenters. The van der Waals surface area contributed by atoms with Crippen LogP contribution < -0.4 is 5.32 Å². The van der Waals surface area contributed by atoms with E-state index < -0.39 is 0 Å². The molecule has 32 heavy (non-hydrogen) atoms. The van der Waals surface area contributed by atoms with E-state index in [2.05, 4.69) is 16.5 Å². The highest BCUT2D eigenvalue weighted by atomic mass is 35.5. The molecule has 1 amide bonds. The zero-order valence-electron chi connectivity index (χ0n) is 17.8. The van der Waals surface area contributed by atoms with Gasteiger partial charge in [0.25, 0.3) is 5.91 Å². The summed E-state index contributed by atoms with van der Waals surface area (Å²) in [7, 11) is 0. The molecular formula is C26H21ClN4O. The van der Waals surface area contributed by atoms with Crippen molar-refractivity contribution in [1.82, 2.24) is 9.78 Å². The van der Waals surface area contributed by atoms with Gasteiger partial charge in [-0.3, -0.25) is 4.79 Å². The van der Waals surface area contributed by atoms with Gasteiger partial charge < -0.3 is 5.32 Å². The topological polar surface area (TPSA) is 70.7 Å². The second kappa shape index (κ2) is 9.09. The summed E-state index contributed by atoms with van der Waals surface area (Å²) in [5, 5.41) is 17.1. The van der Waals surface area contributed by atoms with Gasteiger partial charge in [0.05, 0.1) is 22.0 Å². The minimum Gasteiger partial charge on any atom is -0.322 e. The van der Waals surface area contributed by atoms with E-state index in [1.807, 2.05) is 79.2 Å². The molecule has 1 aromatic heterocycles. The van der Waals surface area contributed by atoms with E-state index in [1.165, 1.54) is 0 Å². The highest BCUT2D eigenvalue weighted by Gasteiger charge is 2.15. The highest BCUT2D eigenvalue weighted by Crippen LogP contribution is 2.25. The third kappa shape index (κ3) is 4.41. The normalized spacial score (nSPS) is 10.6. The number of amides is 1. The Labute approximate surface area is 191 Å². The number of para-hydroxylation sites is 1. The Bertz CT molecular complexity index is 1340. The molecule has 0 aliphatic carbocycles. The van der Waals surface area contributed by atoms with Crippen molar-refractivity contribution in [2.75, 3.05) is 5.32 Å². The van der Waals surface area contributed by atoms with Crippen LogP contribution in [0.5, 0.6) is 0 Å². The minimum absolute atomic E-state index is 0.144. The SMILES string of the molecule is Cc1nn(-c2ccc(C#N)c(Cl)c2)c(C)c1Cc1cccc(C(=O)Nc2ccccc2)c1. The zero-order chi connectivity index (χ0) is 22.7. The van der Waals surface area contributed by atoms with Crippen LogP contribution in [-0.2, 0) is 6.42 Å². The number of carbonyl (C=O) groups excluding carboxylic acids is 1. The Hall–Kier alpha value is -3.88. The smallest absolute Gasteiger partial charge is 0.255 e. The lowest BCUT2D eigenvalue weighted by Crippen LogP contribution is -2.12. The molecule has 0 aliphatic heterocycles. The van der Waals surface area contributed by atoms with Gasteiger partial charge in [-0.05, 0) is 61.9 Å². The van der Waals surface area contributed by atoms with Crippen LogP contribution in [0.3, 0.4) is 0 Å². The van der Waals surface area contributed by atoms with Crippen molar-refractivity contribution in [2.24, 2.45) is 0 Å². The van der Waals surface area contributed by atoms with Crippen molar-refractivity contribution in [3.63, 3.8) is 0 Å². The Morgan fingerprint density at radius 1 is 1.06 bits per heavy atom. The third-order valence-electron chi connectivity index (χ3n) is 5.36. The summed E-state index contributed by atoms with van der Waals surface area (Å²) >= 11 is 6.21. The molecule has 0 saturated carbocycles. The van der Waals surface area contributed by atoms with Crippen molar-refractivity contribution in [2.45, 2.75) is 20.3 Å². The molecule has 1 N–H and O–H groups in total. The molecule has 0 saturated heterocycles. The average Bonchev–Trinajstić information content (AvgIpc) is 3.08. The number of hydrogen-bond acceptors (Lipinski definition) is 3. The number of halogens is 1. The van der Waals surface area contributed by atoms with Crippen LogP contribution in [0.25, 0.3) is 5.69 Å². The van der Waals surface area contributed by atoms with Gasteiger partial charge in [-0.2, -0.15) is 10.4 Å². The van der Waals surface area contributed by atoms with Crippen LogP contribution >= 0.6 is 11.6 Å². The minimum atomic E-state index is -0.144. The molecule has 0 aliphatic rings. The number of rotatable bonds is 5. The number of aryl methyl sites for hydroxylation is 1. The molecule has 0 bridgehead atoms. The van der Waals surface area contributed by atoms with Gasteiger partial charge in [0.2, 0.25) is 0 Å². The number of nitrogens with zero attached hydrogens (tertiary/aromatic N) is 3. The van der Waals surface area contributed by atoms with Crippen molar-refractivity contribution in [1.29, 1.82) is 5.26 Å². The van der Waals surface area contributed by atoms with E-state index in [0.717, 1.165) is 33.9 Å².